The van der Waals surface area contributed by atoms with Crippen molar-refractivity contribution in [3.63, 3.8) is 0 Å². The second kappa shape index (κ2) is 11.5. The predicted molar refractivity (Wildman–Crippen MR) is 125 cm³/mol. The van der Waals surface area contributed by atoms with Gasteiger partial charge in [0.1, 0.15) is 5.60 Å². The second-order valence-corrected chi connectivity index (χ2v) is 10.2. The topological polar surface area (TPSA) is 119 Å². The Morgan fingerprint density at radius 2 is 1.62 bits per heavy atom. The van der Waals surface area contributed by atoms with Crippen LogP contribution in [0.3, 0.4) is 0 Å². The first-order valence-corrected chi connectivity index (χ1v) is 11.0. The number of carbonyl (C=O) groups excluding carboxylic acids is 1. The van der Waals surface area contributed by atoms with Gasteiger partial charge in [-0.1, -0.05) is 26.8 Å². The summed E-state index contributed by atoms with van der Waals surface area (Å²) >= 11 is 0. The summed E-state index contributed by atoms with van der Waals surface area (Å²) in [5, 5.41) is 31.5. The molecule has 0 heterocycles. The van der Waals surface area contributed by atoms with Gasteiger partial charge >= 0.3 is 12.1 Å². The molecule has 0 saturated heterocycles. The average Bonchev–Trinajstić information content (AvgIpc) is 2.60. The quantitative estimate of drug-likeness (QED) is 0.431. The molecule has 0 bridgehead atoms. The number of alkyl carbamates (subject to hydrolysis) is 1. The molecule has 1 unspecified atom stereocenters. The van der Waals surface area contributed by atoms with E-state index < -0.39 is 35.0 Å². The Bertz CT molecular complexity index is 761. The van der Waals surface area contributed by atoms with Crippen LogP contribution in [-0.2, 0) is 16.0 Å². The fraction of sp³-hybridized carbons (Fsp3) is 0.667. The lowest BCUT2D eigenvalue weighted by Crippen LogP contribution is -2.50. The fourth-order valence-electron chi connectivity index (χ4n) is 3.78. The van der Waals surface area contributed by atoms with E-state index >= 15 is 0 Å². The number of benzene rings is 1. The van der Waals surface area contributed by atoms with Gasteiger partial charge in [0.15, 0.2) is 0 Å². The summed E-state index contributed by atoms with van der Waals surface area (Å²) in [6, 6.07) is 5.04. The van der Waals surface area contributed by atoms with Crippen molar-refractivity contribution < 1.29 is 29.6 Å². The summed E-state index contributed by atoms with van der Waals surface area (Å²) in [6.07, 6.45) is -0.367. The number of ether oxygens (including phenoxy) is 1. The Morgan fingerprint density at radius 3 is 2.06 bits per heavy atom. The van der Waals surface area contributed by atoms with E-state index in [1.807, 2.05) is 50.8 Å². The fourth-order valence-corrected chi connectivity index (χ4v) is 3.78. The monoisotopic (exact) mass is 452 g/mol. The molecule has 0 aliphatic rings. The van der Waals surface area contributed by atoms with Crippen LogP contribution < -0.4 is 10.2 Å². The van der Waals surface area contributed by atoms with E-state index in [1.165, 1.54) is 0 Å². The number of aliphatic hydroxyl groups excluding tert-OH is 2. The molecule has 0 radical (unpaired) electrons. The number of carbonyl (C=O) groups is 2. The molecule has 2 atom stereocenters. The zero-order valence-corrected chi connectivity index (χ0v) is 20.4. The number of amides is 1. The summed E-state index contributed by atoms with van der Waals surface area (Å²) in [5.41, 5.74) is 1.32. The molecule has 8 heteroatoms. The van der Waals surface area contributed by atoms with Gasteiger partial charge in [-0.25, -0.2) is 4.79 Å². The summed E-state index contributed by atoms with van der Waals surface area (Å²) in [4.78, 5) is 26.6. The van der Waals surface area contributed by atoms with Crippen LogP contribution in [0.2, 0.25) is 0 Å². The van der Waals surface area contributed by atoms with Crippen molar-refractivity contribution in [2.75, 3.05) is 31.2 Å². The first kappa shape index (κ1) is 27.7. The van der Waals surface area contributed by atoms with Gasteiger partial charge in [0.25, 0.3) is 0 Å². The average molecular weight is 453 g/mol. The van der Waals surface area contributed by atoms with Gasteiger partial charge in [0, 0.05) is 18.8 Å². The van der Waals surface area contributed by atoms with E-state index in [2.05, 4.69) is 5.32 Å². The molecule has 182 valence electrons. The molecule has 1 aromatic rings. The largest absolute Gasteiger partial charge is 0.481 e. The first-order chi connectivity index (χ1) is 14.7. The van der Waals surface area contributed by atoms with Gasteiger partial charge < -0.3 is 30.3 Å². The number of aliphatic carboxylic acids is 1. The van der Waals surface area contributed by atoms with Gasteiger partial charge in [-0.3, -0.25) is 4.79 Å². The van der Waals surface area contributed by atoms with Crippen molar-refractivity contribution in [3.05, 3.63) is 29.3 Å². The van der Waals surface area contributed by atoms with Gasteiger partial charge in [0.05, 0.1) is 25.2 Å². The van der Waals surface area contributed by atoms with Crippen LogP contribution in [0.15, 0.2) is 18.2 Å². The molecule has 0 fully saturated rings. The molecule has 1 aromatic carbocycles. The number of aryl methyl sites for hydroxylation is 1. The van der Waals surface area contributed by atoms with Gasteiger partial charge in [-0.05, 0) is 62.8 Å². The highest BCUT2D eigenvalue weighted by atomic mass is 16.6. The van der Waals surface area contributed by atoms with Crippen molar-refractivity contribution in [3.8, 4) is 0 Å². The van der Waals surface area contributed by atoms with Gasteiger partial charge in [0.2, 0.25) is 0 Å². The molecule has 0 aliphatic heterocycles. The maximum atomic E-state index is 12.6. The molecule has 0 aliphatic carbocycles. The van der Waals surface area contributed by atoms with Crippen molar-refractivity contribution in [2.24, 2.45) is 11.3 Å². The van der Waals surface area contributed by atoms with Crippen LogP contribution in [0, 0.1) is 18.3 Å². The summed E-state index contributed by atoms with van der Waals surface area (Å²) in [6.45, 7) is 13.3. The normalized spacial score (nSPS) is 13.9. The van der Waals surface area contributed by atoms with Crippen molar-refractivity contribution in [1.82, 2.24) is 5.32 Å². The van der Waals surface area contributed by atoms with Crippen LogP contribution >= 0.6 is 0 Å². The number of rotatable bonds is 10. The van der Waals surface area contributed by atoms with E-state index in [-0.39, 0.29) is 13.2 Å². The first-order valence-electron chi connectivity index (χ1n) is 11.0. The Morgan fingerprint density at radius 1 is 1.06 bits per heavy atom. The van der Waals surface area contributed by atoms with Crippen molar-refractivity contribution in [1.29, 1.82) is 0 Å². The predicted octanol–water partition coefficient (Wildman–Crippen LogP) is 2.97. The molecule has 1 rings (SSSR count). The highest BCUT2D eigenvalue weighted by Gasteiger charge is 2.39. The molecule has 1 amide bonds. The van der Waals surface area contributed by atoms with E-state index in [0.29, 0.717) is 19.5 Å². The molecule has 4 N–H and O–H groups in total. The van der Waals surface area contributed by atoms with Gasteiger partial charge in [-0.15, -0.1) is 0 Å². The lowest BCUT2D eigenvalue weighted by molar-refractivity contribution is -0.146. The molecule has 8 nitrogen and oxygen atoms in total. The van der Waals surface area contributed by atoms with Crippen molar-refractivity contribution in [2.45, 2.75) is 66.5 Å². The Labute approximate surface area is 191 Å². The van der Waals surface area contributed by atoms with E-state index in [0.717, 1.165) is 16.8 Å². The molecule has 0 saturated carbocycles. The number of nitrogens with zero attached hydrogens (tertiary/aromatic N) is 1. The Balaban J connectivity index is 3.35. The lowest BCUT2D eigenvalue weighted by atomic mass is 9.74. The number of carboxylic acids is 1. The minimum absolute atomic E-state index is 0.0584. The highest BCUT2D eigenvalue weighted by molar-refractivity contribution is 5.74. The second-order valence-electron chi connectivity index (χ2n) is 10.2. The molecular formula is C24H40N2O6. The summed E-state index contributed by atoms with van der Waals surface area (Å²) in [5.74, 6) is -1.85. The Hall–Kier alpha value is -2.32. The Kier molecular flexibility index (Phi) is 9.97. The summed E-state index contributed by atoms with van der Waals surface area (Å²) < 4.78 is 5.40. The number of hydrogen-bond acceptors (Lipinski definition) is 6. The third kappa shape index (κ3) is 8.67. The van der Waals surface area contributed by atoms with E-state index in [9.17, 15) is 24.9 Å². The van der Waals surface area contributed by atoms with Crippen LogP contribution in [0.5, 0.6) is 0 Å². The van der Waals surface area contributed by atoms with Crippen LogP contribution in [0.4, 0.5) is 10.5 Å². The number of aliphatic hydroxyl groups is 2. The smallest absolute Gasteiger partial charge is 0.407 e. The number of anilines is 1. The SMILES string of the molecule is Cc1ccc(N(CCO)CCO)cc1C[C@@H](NC(=O)OC(C)(C)C)C(C(=O)O)C(C)(C)C. The highest BCUT2D eigenvalue weighted by Crippen LogP contribution is 2.32. The van der Waals surface area contributed by atoms with E-state index in [4.69, 9.17) is 4.74 Å². The van der Waals surface area contributed by atoms with Gasteiger partial charge in [-0.2, -0.15) is 0 Å². The zero-order valence-electron chi connectivity index (χ0n) is 20.4. The van der Waals surface area contributed by atoms with Crippen LogP contribution in [-0.4, -0.2) is 65.3 Å². The van der Waals surface area contributed by atoms with Crippen molar-refractivity contribution >= 4 is 17.7 Å². The number of carboxylic acid groups (broad SMARTS) is 1. The zero-order chi connectivity index (χ0) is 24.7. The minimum Gasteiger partial charge on any atom is -0.481 e. The molecule has 32 heavy (non-hydrogen) atoms. The molecular weight excluding hydrogens is 412 g/mol. The third-order valence-electron chi connectivity index (χ3n) is 5.18. The molecule has 0 spiro atoms. The summed E-state index contributed by atoms with van der Waals surface area (Å²) in [7, 11) is 0. The van der Waals surface area contributed by atoms with Crippen LogP contribution in [0.1, 0.15) is 52.7 Å². The van der Waals surface area contributed by atoms with Crippen LogP contribution in [0.25, 0.3) is 0 Å². The lowest BCUT2D eigenvalue weighted by Gasteiger charge is -2.35. The standard InChI is InChI=1S/C24H40N2O6/c1-16-8-9-18(26(10-12-27)11-13-28)14-17(16)15-19(20(21(29)30)23(2,3)4)25-22(31)32-24(5,6)7/h8-9,14,19-20,27-28H,10-13,15H2,1-7H3,(H,25,31)(H,29,30)/t19-,20?/m1/s1. The number of hydrogen-bond donors (Lipinski definition) is 4. The maximum absolute atomic E-state index is 12.6. The third-order valence-corrected chi connectivity index (χ3v) is 5.18. The molecule has 0 aromatic heterocycles. The van der Waals surface area contributed by atoms with E-state index in [1.54, 1.807) is 20.8 Å². The number of nitrogens with one attached hydrogen (secondary N) is 1. The minimum atomic E-state index is -0.991. The maximum Gasteiger partial charge on any atom is 0.407 e.